The molecule has 0 aromatic carbocycles. The molecule has 4 nitrogen and oxygen atoms in total. The Hall–Kier alpha value is -1.97. The van der Waals surface area contributed by atoms with Crippen LogP contribution < -0.4 is 0 Å². The number of rotatable bonds is 1. The lowest BCUT2D eigenvalue weighted by Gasteiger charge is -2.29. The number of hydrogen-bond acceptors (Lipinski definition) is 3. The van der Waals surface area contributed by atoms with Gasteiger partial charge in [0.2, 0.25) is 0 Å². The smallest absolute Gasteiger partial charge is 0.165 e. The second-order valence-corrected chi connectivity index (χ2v) is 5.58. The van der Waals surface area contributed by atoms with E-state index in [4.69, 9.17) is 0 Å². The molecule has 0 radical (unpaired) electrons. The number of Topliss-reactive ketones (excluding diaryl/α,β-unsaturated/α-hetero) is 1. The number of carbonyl (C=O) groups excluding carboxylic acids is 1. The summed E-state index contributed by atoms with van der Waals surface area (Å²) in [6.45, 7) is 4.26. The van der Waals surface area contributed by atoms with E-state index in [0.717, 1.165) is 23.4 Å². The fourth-order valence-corrected chi connectivity index (χ4v) is 2.60. The number of nitrogens with zero attached hydrogens (tertiary/aromatic N) is 3. The Balaban J connectivity index is 2.13. The number of carbonyl (C=O) groups is 1. The van der Waals surface area contributed by atoms with E-state index in [1.54, 1.807) is 12.4 Å². The molecule has 92 valence electrons. The van der Waals surface area contributed by atoms with Crippen LogP contribution in [0.25, 0.3) is 5.69 Å². The molecule has 18 heavy (non-hydrogen) atoms. The van der Waals surface area contributed by atoms with Gasteiger partial charge in [-0.15, -0.1) is 0 Å². The van der Waals surface area contributed by atoms with Crippen LogP contribution in [-0.2, 0) is 6.42 Å². The second kappa shape index (κ2) is 3.77. The number of aromatic nitrogens is 3. The summed E-state index contributed by atoms with van der Waals surface area (Å²) < 4.78 is 2.02. The summed E-state index contributed by atoms with van der Waals surface area (Å²) >= 11 is 0. The highest BCUT2D eigenvalue weighted by atomic mass is 16.1. The molecule has 2 aromatic heterocycles. The quantitative estimate of drug-likeness (QED) is 0.770. The molecule has 4 heteroatoms. The van der Waals surface area contributed by atoms with Gasteiger partial charge < -0.3 is 4.57 Å². The summed E-state index contributed by atoms with van der Waals surface area (Å²) in [5.41, 5.74) is 2.85. The van der Waals surface area contributed by atoms with E-state index >= 15 is 0 Å². The molecule has 0 spiro atoms. The predicted molar refractivity (Wildman–Crippen MR) is 67.8 cm³/mol. The molecule has 0 unspecified atom stereocenters. The van der Waals surface area contributed by atoms with Crippen LogP contribution in [0.3, 0.4) is 0 Å². The molecule has 2 aromatic rings. The SMILES string of the molecule is CC1(C)CC(=O)c2ccn(-c3cncnc3)c2C1. The molecule has 0 bridgehead atoms. The van der Waals surface area contributed by atoms with Crippen molar-refractivity contribution < 1.29 is 4.79 Å². The Morgan fingerprint density at radius 1 is 1.22 bits per heavy atom. The van der Waals surface area contributed by atoms with Crippen molar-refractivity contribution in [3.05, 3.63) is 42.2 Å². The van der Waals surface area contributed by atoms with Gasteiger partial charge in [-0.05, 0) is 17.9 Å². The van der Waals surface area contributed by atoms with Crippen molar-refractivity contribution in [2.75, 3.05) is 0 Å². The van der Waals surface area contributed by atoms with Crippen LogP contribution >= 0.6 is 0 Å². The van der Waals surface area contributed by atoms with Crippen molar-refractivity contribution in [3.8, 4) is 5.69 Å². The minimum atomic E-state index is 0.0236. The molecule has 0 atom stereocenters. The minimum absolute atomic E-state index is 0.0236. The third-order valence-corrected chi connectivity index (χ3v) is 3.40. The summed E-state index contributed by atoms with van der Waals surface area (Å²) in [6.07, 6.45) is 8.49. The maximum atomic E-state index is 12.1. The van der Waals surface area contributed by atoms with Crippen LogP contribution in [0.4, 0.5) is 0 Å². The molecule has 0 N–H and O–H groups in total. The van der Waals surface area contributed by atoms with Crippen molar-refractivity contribution >= 4 is 5.78 Å². The topological polar surface area (TPSA) is 47.8 Å². The predicted octanol–water partition coefficient (Wildman–Crippen LogP) is 2.42. The van der Waals surface area contributed by atoms with Crippen molar-refractivity contribution in [1.29, 1.82) is 0 Å². The van der Waals surface area contributed by atoms with E-state index in [1.165, 1.54) is 6.33 Å². The van der Waals surface area contributed by atoms with Crippen molar-refractivity contribution in [3.63, 3.8) is 0 Å². The highest BCUT2D eigenvalue weighted by Gasteiger charge is 2.33. The average molecular weight is 241 g/mol. The molecular weight excluding hydrogens is 226 g/mol. The molecule has 2 heterocycles. The van der Waals surface area contributed by atoms with E-state index in [-0.39, 0.29) is 11.2 Å². The lowest BCUT2D eigenvalue weighted by Crippen LogP contribution is -2.27. The summed E-state index contributed by atoms with van der Waals surface area (Å²) in [6, 6.07) is 1.90. The van der Waals surface area contributed by atoms with Crippen molar-refractivity contribution in [2.45, 2.75) is 26.7 Å². The van der Waals surface area contributed by atoms with Crippen LogP contribution in [0.15, 0.2) is 31.0 Å². The lowest BCUT2D eigenvalue weighted by atomic mass is 9.76. The highest BCUT2D eigenvalue weighted by molar-refractivity contribution is 5.99. The Bertz CT molecular complexity index is 599. The van der Waals surface area contributed by atoms with Crippen LogP contribution in [0.5, 0.6) is 0 Å². The number of ketones is 1. The van der Waals surface area contributed by atoms with Crippen LogP contribution in [0, 0.1) is 5.41 Å². The first kappa shape index (κ1) is 11.1. The first-order valence-electron chi connectivity index (χ1n) is 6.06. The third-order valence-electron chi connectivity index (χ3n) is 3.40. The van der Waals surface area contributed by atoms with Gasteiger partial charge in [-0.2, -0.15) is 0 Å². The standard InChI is InChI=1S/C14H15N3O/c1-14(2)5-12-11(13(18)6-14)3-4-17(12)10-7-15-9-16-8-10/h3-4,7-9H,5-6H2,1-2H3. The fraction of sp³-hybridized carbons (Fsp3) is 0.357. The van der Waals surface area contributed by atoms with E-state index < -0.39 is 0 Å². The first-order chi connectivity index (χ1) is 8.57. The first-order valence-corrected chi connectivity index (χ1v) is 6.06. The van der Waals surface area contributed by atoms with Crippen LogP contribution in [0.2, 0.25) is 0 Å². The molecule has 1 aliphatic carbocycles. The summed E-state index contributed by atoms with van der Waals surface area (Å²) in [4.78, 5) is 20.2. The van der Waals surface area contributed by atoms with Crippen LogP contribution in [-0.4, -0.2) is 20.3 Å². The van der Waals surface area contributed by atoms with E-state index in [0.29, 0.717) is 6.42 Å². The van der Waals surface area contributed by atoms with Gasteiger partial charge in [-0.1, -0.05) is 13.8 Å². The second-order valence-electron chi connectivity index (χ2n) is 5.58. The van der Waals surface area contributed by atoms with Crippen molar-refractivity contribution in [2.24, 2.45) is 5.41 Å². The van der Waals surface area contributed by atoms with Crippen molar-refractivity contribution in [1.82, 2.24) is 14.5 Å². The van der Waals surface area contributed by atoms with Gasteiger partial charge in [0.25, 0.3) is 0 Å². The molecule has 0 fully saturated rings. The van der Waals surface area contributed by atoms with Gasteiger partial charge in [-0.25, -0.2) is 9.97 Å². The minimum Gasteiger partial charge on any atom is -0.317 e. The molecule has 0 saturated carbocycles. The summed E-state index contributed by atoms with van der Waals surface area (Å²) in [5, 5.41) is 0. The molecular formula is C14H15N3O. The number of hydrogen-bond donors (Lipinski definition) is 0. The Morgan fingerprint density at radius 2 is 1.94 bits per heavy atom. The highest BCUT2D eigenvalue weighted by Crippen LogP contribution is 2.35. The lowest BCUT2D eigenvalue weighted by molar-refractivity contribution is 0.0911. The van der Waals surface area contributed by atoms with Gasteiger partial charge in [0.15, 0.2) is 5.78 Å². The van der Waals surface area contributed by atoms with Gasteiger partial charge in [0, 0.05) is 23.9 Å². The average Bonchev–Trinajstić information content (AvgIpc) is 2.72. The summed E-state index contributed by atoms with van der Waals surface area (Å²) in [7, 11) is 0. The molecule has 0 amide bonds. The molecule has 3 rings (SSSR count). The summed E-state index contributed by atoms with van der Waals surface area (Å²) in [5.74, 6) is 0.233. The zero-order valence-corrected chi connectivity index (χ0v) is 10.6. The fourth-order valence-electron chi connectivity index (χ4n) is 2.60. The Labute approximate surface area is 106 Å². The van der Waals surface area contributed by atoms with Gasteiger partial charge in [0.1, 0.15) is 6.33 Å². The maximum absolute atomic E-state index is 12.1. The Morgan fingerprint density at radius 3 is 2.67 bits per heavy atom. The van der Waals surface area contributed by atoms with E-state index in [9.17, 15) is 4.79 Å². The Kier molecular flexibility index (Phi) is 2.33. The largest absolute Gasteiger partial charge is 0.317 e. The van der Waals surface area contributed by atoms with Gasteiger partial charge in [-0.3, -0.25) is 4.79 Å². The zero-order chi connectivity index (χ0) is 12.8. The van der Waals surface area contributed by atoms with Gasteiger partial charge >= 0.3 is 0 Å². The van der Waals surface area contributed by atoms with E-state index in [2.05, 4.69) is 23.8 Å². The molecule has 0 aliphatic heterocycles. The van der Waals surface area contributed by atoms with E-state index in [1.807, 2.05) is 16.8 Å². The monoisotopic (exact) mass is 241 g/mol. The molecule has 0 saturated heterocycles. The normalized spacial score (nSPS) is 17.6. The third kappa shape index (κ3) is 1.74. The zero-order valence-electron chi connectivity index (χ0n) is 10.6. The number of fused-ring (bicyclic) bond motifs is 1. The van der Waals surface area contributed by atoms with Crippen LogP contribution in [0.1, 0.15) is 36.3 Å². The molecule has 1 aliphatic rings. The van der Waals surface area contributed by atoms with Gasteiger partial charge in [0.05, 0.1) is 18.1 Å². The maximum Gasteiger partial charge on any atom is 0.165 e.